The fourth-order valence-corrected chi connectivity index (χ4v) is 2.04. The van der Waals surface area contributed by atoms with Crippen LogP contribution in [-0.4, -0.2) is 3.67 Å². The Morgan fingerprint density at radius 1 is 1.57 bits per heavy atom. The third kappa shape index (κ3) is 1.01. The summed E-state index contributed by atoms with van der Waals surface area (Å²) in [6.07, 6.45) is 2.10. The molecule has 1 aliphatic heterocycles. The van der Waals surface area contributed by atoms with E-state index in [1.54, 1.807) is 3.58 Å². The maximum absolute atomic E-state index is 3.23. The zero-order valence-corrected chi connectivity index (χ0v) is 6.61. The molecule has 0 radical (unpaired) electrons. The zero-order chi connectivity index (χ0) is 5.28. The lowest BCUT2D eigenvalue weighted by Crippen LogP contribution is -1.62. The summed E-state index contributed by atoms with van der Waals surface area (Å²) in [6.45, 7) is 4.34. The molecule has 0 saturated carbocycles. The molecule has 1 aliphatic rings. The first-order chi connectivity index (χ1) is 3.30. The smallest absolute Gasteiger partial charge is 0.00690 e. The number of hydrogen-bond donors (Lipinski definition) is 0. The minimum Gasteiger partial charge on any atom is -0.0819 e. The van der Waals surface area contributed by atoms with Crippen LogP contribution in [0.2, 0.25) is 0 Å². The average molecular weight is 206 g/mol. The molecule has 0 aromatic carbocycles. The van der Waals surface area contributed by atoms with Gasteiger partial charge in [-0.25, -0.2) is 0 Å². The Morgan fingerprint density at radius 2 is 2.29 bits per heavy atom. The van der Waals surface area contributed by atoms with Crippen molar-refractivity contribution < 1.29 is 0 Å². The molecular formula is C6H7I. The van der Waals surface area contributed by atoms with Gasteiger partial charge in [-0.2, -0.15) is 0 Å². The summed E-state index contributed by atoms with van der Waals surface area (Å²) in [7, 11) is 0. The second-order valence-electron chi connectivity index (χ2n) is 1.56. The fraction of sp³-hybridized carbons (Fsp3) is 0.333. The maximum Gasteiger partial charge on any atom is -0.00690 e. The van der Waals surface area contributed by atoms with Crippen LogP contribution >= 0.6 is 20.7 Å². The monoisotopic (exact) mass is 206 g/mol. The molecule has 1 heteroatoms. The lowest BCUT2D eigenvalue weighted by Gasteiger charge is -1.83. The molecule has 7 heavy (non-hydrogen) atoms. The van der Waals surface area contributed by atoms with Gasteiger partial charge in [0, 0.05) is 0 Å². The Balaban J connectivity index is 2.97. The number of rotatable bonds is 0. The van der Waals surface area contributed by atoms with Crippen molar-refractivity contribution >= 4 is 24.4 Å². The fourth-order valence-electron chi connectivity index (χ4n) is 0.365. The van der Waals surface area contributed by atoms with Gasteiger partial charge >= 0.3 is 0 Å². The predicted molar refractivity (Wildman–Crippen MR) is 42.0 cm³/mol. The SMILES string of the molecule is CC1=C(C)I=C=C1. The second kappa shape index (κ2) is 1.93. The van der Waals surface area contributed by atoms with E-state index < -0.39 is 0 Å². The molecule has 0 N–H and O–H groups in total. The highest BCUT2D eigenvalue weighted by molar-refractivity contribution is 14.2. The molecule has 0 spiro atoms. The molecule has 0 aliphatic carbocycles. The Labute approximate surface area is 53.7 Å². The molecule has 0 aromatic heterocycles. The van der Waals surface area contributed by atoms with Crippen molar-refractivity contribution in [1.29, 1.82) is 0 Å². The van der Waals surface area contributed by atoms with Crippen molar-refractivity contribution in [1.82, 2.24) is 0 Å². The molecule has 0 nitrogen and oxygen atoms in total. The summed E-state index contributed by atoms with van der Waals surface area (Å²) in [5.74, 6) is 0. The van der Waals surface area contributed by atoms with E-state index in [0.717, 1.165) is 0 Å². The first kappa shape index (κ1) is 5.26. The summed E-state index contributed by atoms with van der Waals surface area (Å²) in [5, 5.41) is 0. The van der Waals surface area contributed by atoms with Crippen molar-refractivity contribution in [3.05, 3.63) is 15.2 Å². The highest BCUT2D eigenvalue weighted by atomic mass is 127. The third-order valence-electron chi connectivity index (χ3n) is 1.01. The van der Waals surface area contributed by atoms with Gasteiger partial charge in [0.15, 0.2) is 0 Å². The summed E-state index contributed by atoms with van der Waals surface area (Å²) >= 11 is 0.213. The molecular weight excluding hydrogens is 199 g/mol. The second-order valence-corrected chi connectivity index (χ2v) is 4.34. The van der Waals surface area contributed by atoms with Crippen LogP contribution in [0.4, 0.5) is 0 Å². The summed E-state index contributed by atoms with van der Waals surface area (Å²) in [4.78, 5) is 0. The lowest BCUT2D eigenvalue weighted by molar-refractivity contribution is 1.49. The largest absolute Gasteiger partial charge is 0.0819 e. The first-order valence-electron chi connectivity index (χ1n) is 2.21. The maximum atomic E-state index is 3.23. The van der Waals surface area contributed by atoms with Crippen LogP contribution in [0, 0.1) is 0 Å². The molecule has 0 aromatic rings. The van der Waals surface area contributed by atoms with Gasteiger partial charge in [0.2, 0.25) is 0 Å². The van der Waals surface area contributed by atoms with Crippen LogP contribution in [0.3, 0.4) is 0 Å². The molecule has 1 heterocycles. The molecule has 0 bridgehead atoms. The summed E-state index contributed by atoms with van der Waals surface area (Å²) in [6, 6.07) is 0. The van der Waals surface area contributed by atoms with Crippen LogP contribution in [0.15, 0.2) is 15.2 Å². The van der Waals surface area contributed by atoms with E-state index in [1.165, 1.54) is 5.57 Å². The van der Waals surface area contributed by atoms with Crippen molar-refractivity contribution in [2.75, 3.05) is 0 Å². The predicted octanol–water partition coefficient (Wildman–Crippen LogP) is 2.22. The standard InChI is InChI=1S/C6H7I/c1-5-3-4-7-6(5)2/h3H,1-2H3. The van der Waals surface area contributed by atoms with E-state index >= 15 is 0 Å². The van der Waals surface area contributed by atoms with Crippen LogP contribution in [-0.2, 0) is 0 Å². The van der Waals surface area contributed by atoms with Crippen molar-refractivity contribution in [3.8, 4) is 0 Å². The third-order valence-corrected chi connectivity index (χ3v) is 3.29. The molecule has 0 fully saturated rings. The van der Waals surface area contributed by atoms with Crippen molar-refractivity contribution in [2.24, 2.45) is 0 Å². The van der Waals surface area contributed by atoms with Gasteiger partial charge in [0.05, 0.1) is 0 Å². The highest BCUT2D eigenvalue weighted by Gasteiger charge is 1.91. The minimum absolute atomic E-state index is 0.213. The normalized spacial score (nSPS) is 18.0. The molecule has 0 unspecified atom stereocenters. The Kier molecular flexibility index (Phi) is 1.45. The zero-order valence-electron chi connectivity index (χ0n) is 4.46. The van der Waals surface area contributed by atoms with Crippen LogP contribution < -0.4 is 0 Å². The van der Waals surface area contributed by atoms with Gasteiger partial charge in [-0.1, -0.05) is 3.67 Å². The van der Waals surface area contributed by atoms with Gasteiger partial charge < -0.3 is 0 Å². The Morgan fingerprint density at radius 3 is 2.43 bits per heavy atom. The Hall–Kier alpha value is 0.120. The summed E-state index contributed by atoms with van der Waals surface area (Å²) < 4.78 is 4.80. The van der Waals surface area contributed by atoms with E-state index in [2.05, 4.69) is 23.6 Å². The quantitative estimate of drug-likeness (QED) is 0.533. The molecule has 0 atom stereocenters. The molecule has 1 rings (SSSR count). The Bertz CT molecular complexity index is 153. The van der Waals surface area contributed by atoms with Gasteiger partial charge in [-0.05, 0) is 49.8 Å². The van der Waals surface area contributed by atoms with Gasteiger partial charge in [-0.15, -0.1) is 0 Å². The van der Waals surface area contributed by atoms with Gasteiger partial charge in [-0.3, -0.25) is 0 Å². The molecule has 38 valence electrons. The topological polar surface area (TPSA) is 0 Å². The van der Waals surface area contributed by atoms with E-state index in [-0.39, 0.29) is 20.7 Å². The van der Waals surface area contributed by atoms with E-state index in [1.807, 2.05) is 0 Å². The summed E-state index contributed by atoms with van der Waals surface area (Å²) in [5.41, 5.74) is 1.44. The van der Waals surface area contributed by atoms with E-state index in [9.17, 15) is 0 Å². The van der Waals surface area contributed by atoms with Crippen molar-refractivity contribution in [2.45, 2.75) is 13.8 Å². The van der Waals surface area contributed by atoms with Crippen LogP contribution in [0.5, 0.6) is 0 Å². The van der Waals surface area contributed by atoms with Crippen LogP contribution in [0.25, 0.3) is 0 Å². The molecule has 0 saturated heterocycles. The number of allylic oxidation sites excluding steroid dienone is 3. The van der Waals surface area contributed by atoms with Crippen LogP contribution in [0.1, 0.15) is 13.8 Å². The van der Waals surface area contributed by atoms with E-state index in [0.29, 0.717) is 0 Å². The number of halogens is 1. The number of hydrogen-bond acceptors (Lipinski definition) is 0. The van der Waals surface area contributed by atoms with Gasteiger partial charge in [0.1, 0.15) is 0 Å². The van der Waals surface area contributed by atoms with Gasteiger partial charge in [0.25, 0.3) is 0 Å². The lowest BCUT2D eigenvalue weighted by atomic mass is 10.3. The highest BCUT2D eigenvalue weighted by Crippen LogP contribution is 2.21. The minimum atomic E-state index is 0.213. The average Bonchev–Trinajstić information content (AvgIpc) is 1.91. The first-order valence-corrected chi connectivity index (χ1v) is 4.36. The van der Waals surface area contributed by atoms with Crippen molar-refractivity contribution in [3.63, 3.8) is 0 Å². The molecule has 0 amide bonds. The van der Waals surface area contributed by atoms with E-state index in [4.69, 9.17) is 0 Å².